The summed E-state index contributed by atoms with van der Waals surface area (Å²) in [7, 11) is -2.85. The fraction of sp³-hybridized carbons (Fsp3) is 0.455. The Kier molecular flexibility index (Phi) is 2.01. The molecule has 2 fully saturated rings. The van der Waals surface area contributed by atoms with Crippen LogP contribution in [-0.4, -0.2) is 32.0 Å². The van der Waals surface area contributed by atoms with Gasteiger partial charge in [0.1, 0.15) is 5.82 Å². The van der Waals surface area contributed by atoms with E-state index in [0.29, 0.717) is 6.54 Å². The van der Waals surface area contributed by atoms with E-state index in [1.807, 2.05) is 0 Å². The number of anilines is 1. The molecule has 2 aliphatic heterocycles. The summed E-state index contributed by atoms with van der Waals surface area (Å²) < 4.78 is 35.9. The van der Waals surface area contributed by atoms with Crippen molar-refractivity contribution in [3.8, 4) is 0 Å². The van der Waals surface area contributed by atoms with E-state index in [0.717, 1.165) is 12.1 Å². The molecule has 16 heavy (non-hydrogen) atoms. The zero-order chi connectivity index (χ0) is 11.3. The fourth-order valence-corrected chi connectivity index (χ4v) is 4.67. The van der Waals surface area contributed by atoms with E-state index in [1.165, 1.54) is 12.1 Å². The van der Waals surface area contributed by atoms with Crippen molar-refractivity contribution < 1.29 is 12.8 Å². The van der Waals surface area contributed by atoms with Crippen LogP contribution in [0.1, 0.15) is 6.42 Å². The van der Waals surface area contributed by atoms with E-state index in [2.05, 4.69) is 4.90 Å². The molecule has 0 aromatic heterocycles. The quantitative estimate of drug-likeness (QED) is 0.741. The number of sulfone groups is 1. The third-order valence-corrected chi connectivity index (χ3v) is 5.67. The second-order valence-electron chi connectivity index (χ2n) is 4.47. The minimum absolute atomic E-state index is 0.0838. The Hall–Kier alpha value is -1.10. The SMILES string of the molecule is O=S1(=O)CC2CC1CN2c1ccc(F)cc1. The summed E-state index contributed by atoms with van der Waals surface area (Å²) in [5.74, 6) is -0.0181. The normalized spacial score (nSPS) is 30.9. The van der Waals surface area contributed by atoms with Gasteiger partial charge in [0.05, 0.1) is 11.0 Å². The minimum atomic E-state index is -2.85. The molecule has 1 aromatic rings. The third kappa shape index (κ3) is 1.42. The molecule has 0 saturated carbocycles. The number of rotatable bonds is 1. The number of benzene rings is 1. The first-order chi connectivity index (χ1) is 7.56. The molecular formula is C11H12FNO2S. The average molecular weight is 241 g/mol. The highest BCUT2D eigenvalue weighted by Crippen LogP contribution is 2.36. The van der Waals surface area contributed by atoms with Crippen LogP contribution in [-0.2, 0) is 9.84 Å². The van der Waals surface area contributed by atoms with Crippen LogP contribution in [0.5, 0.6) is 0 Å². The van der Waals surface area contributed by atoms with Crippen LogP contribution >= 0.6 is 0 Å². The average Bonchev–Trinajstić information content (AvgIpc) is 2.74. The molecule has 2 heterocycles. The van der Waals surface area contributed by atoms with E-state index < -0.39 is 9.84 Å². The Morgan fingerprint density at radius 1 is 1.25 bits per heavy atom. The molecule has 3 rings (SSSR count). The van der Waals surface area contributed by atoms with Gasteiger partial charge in [-0.25, -0.2) is 12.8 Å². The fourth-order valence-electron chi connectivity index (χ4n) is 2.64. The van der Waals surface area contributed by atoms with Gasteiger partial charge in [0.25, 0.3) is 0 Å². The summed E-state index contributed by atoms with van der Waals surface area (Å²) in [6.07, 6.45) is 0.722. The minimum Gasteiger partial charge on any atom is -0.366 e. The summed E-state index contributed by atoms with van der Waals surface area (Å²) in [6, 6.07) is 6.33. The monoisotopic (exact) mass is 241 g/mol. The molecule has 1 aromatic carbocycles. The number of halogens is 1. The molecular weight excluding hydrogens is 229 g/mol. The van der Waals surface area contributed by atoms with E-state index in [-0.39, 0.29) is 22.9 Å². The smallest absolute Gasteiger partial charge is 0.156 e. The maximum Gasteiger partial charge on any atom is 0.156 e. The second-order valence-corrected chi connectivity index (χ2v) is 6.80. The van der Waals surface area contributed by atoms with Crippen molar-refractivity contribution in [2.45, 2.75) is 17.7 Å². The highest BCUT2D eigenvalue weighted by Gasteiger charge is 2.48. The molecule has 5 heteroatoms. The first-order valence-corrected chi connectivity index (χ1v) is 7.01. The van der Waals surface area contributed by atoms with Crippen molar-refractivity contribution in [3.63, 3.8) is 0 Å². The van der Waals surface area contributed by atoms with E-state index >= 15 is 0 Å². The van der Waals surface area contributed by atoms with Gasteiger partial charge in [-0.05, 0) is 30.7 Å². The highest BCUT2D eigenvalue weighted by atomic mass is 32.2. The van der Waals surface area contributed by atoms with Crippen LogP contribution in [0.3, 0.4) is 0 Å². The van der Waals surface area contributed by atoms with Crippen molar-refractivity contribution in [3.05, 3.63) is 30.1 Å². The largest absolute Gasteiger partial charge is 0.366 e. The summed E-state index contributed by atoms with van der Waals surface area (Å²) >= 11 is 0. The van der Waals surface area contributed by atoms with Crippen molar-refractivity contribution in [1.29, 1.82) is 0 Å². The van der Waals surface area contributed by atoms with E-state index in [9.17, 15) is 12.8 Å². The molecule has 2 atom stereocenters. The summed E-state index contributed by atoms with van der Waals surface area (Å²) in [5.41, 5.74) is 0.920. The van der Waals surface area contributed by atoms with Crippen LogP contribution in [0.2, 0.25) is 0 Å². The topological polar surface area (TPSA) is 37.4 Å². The lowest BCUT2D eigenvalue weighted by atomic mass is 10.2. The lowest BCUT2D eigenvalue weighted by Crippen LogP contribution is -2.40. The van der Waals surface area contributed by atoms with Crippen LogP contribution < -0.4 is 4.90 Å². The zero-order valence-corrected chi connectivity index (χ0v) is 9.45. The summed E-state index contributed by atoms with van der Waals surface area (Å²) in [5, 5.41) is -0.220. The predicted molar refractivity (Wildman–Crippen MR) is 59.7 cm³/mol. The molecule has 0 radical (unpaired) electrons. The van der Waals surface area contributed by atoms with Crippen molar-refractivity contribution in [1.82, 2.24) is 0 Å². The summed E-state index contributed by atoms with van der Waals surface area (Å²) in [4.78, 5) is 2.07. The van der Waals surface area contributed by atoms with Gasteiger partial charge >= 0.3 is 0 Å². The molecule has 2 aliphatic rings. The molecule has 0 amide bonds. The lowest BCUT2D eigenvalue weighted by molar-refractivity contribution is 0.585. The van der Waals surface area contributed by atoms with E-state index in [1.54, 1.807) is 12.1 Å². The predicted octanol–water partition coefficient (Wildman–Crippen LogP) is 1.20. The Bertz CT molecular complexity index is 511. The van der Waals surface area contributed by atoms with Gasteiger partial charge in [0.2, 0.25) is 0 Å². The van der Waals surface area contributed by atoms with Gasteiger partial charge in [-0.3, -0.25) is 0 Å². The first kappa shape index (κ1) is 10.1. The van der Waals surface area contributed by atoms with Gasteiger partial charge in [-0.15, -0.1) is 0 Å². The van der Waals surface area contributed by atoms with Gasteiger partial charge in [0.15, 0.2) is 9.84 Å². The van der Waals surface area contributed by atoms with Crippen molar-refractivity contribution in [2.75, 3.05) is 17.2 Å². The number of hydrogen-bond acceptors (Lipinski definition) is 3. The van der Waals surface area contributed by atoms with E-state index in [4.69, 9.17) is 0 Å². The molecule has 2 bridgehead atoms. The first-order valence-electron chi connectivity index (χ1n) is 5.30. The van der Waals surface area contributed by atoms with Gasteiger partial charge in [0, 0.05) is 18.3 Å². The Balaban J connectivity index is 1.88. The van der Waals surface area contributed by atoms with Gasteiger partial charge < -0.3 is 4.90 Å². The number of nitrogens with zero attached hydrogens (tertiary/aromatic N) is 1. The Morgan fingerprint density at radius 3 is 2.44 bits per heavy atom. The Labute approximate surface area is 93.8 Å². The highest BCUT2D eigenvalue weighted by molar-refractivity contribution is 7.92. The van der Waals surface area contributed by atoms with Crippen molar-refractivity contribution in [2.24, 2.45) is 0 Å². The van der Waals surface area contributed by atoms with Crippen LogP contribution in [0.25, 0.3) is 0 Å². The van der Waals surface area contributed by atoms with Gasteiger partial charge in [-0.2, -0.15) is 0 Å². The molecule has 86 valence electrons. The second kappa shape index (κ2) is 3.20. The maximum atomic E-state index is 12.8. The zero-order valence-electron chi connectivity index (χ0n) is 8.64. The van der Waals surface area contributed by atoms with Gasteiger partial charge in [-0.1, -0.05) is 0 Å². The standard InChI is InChI=1S/C11H12FNO2S/c12-8-1-3-9(4-2-8)13-6-11-5-10(13)7-16(11,14)15/h1-4,10-11H,5-7H2. The molecule has 0 spiro atoms. The van der Waals surface area contributed by atoms with Crippen LogP contribution in [0, 0.1) is 5.82 Å². The molecule has 3 nitrogen and oxygen atoms in total. The van der Waals surface area contributed by atoms with Crippen LogP contribution in [0.15, 0.2) is 24.3 Å². The molecule has 0 aliphatic carbocycles. The molecule has 2 saturated heterocycles. The molecule has 2 unspecified atom stereocenters. The number of fused-ring (bicyclic) bond motifs is 2. The maximum absolute atomic E-state index is 12.8. The number of hydrogen-bond donors (Lipinski definition) is 0. The molecule has 0 N–H and O–H groups in total. The Morgan fingerprint density at radius 2 is 1.94 bits per heavy atom. The summed E-state index contributed by atoms with van der Waals surface area (Å²) in [6.45, 7) is 0.554. The third-order valence-electron chi connectivity index (χ3n) is 3.47. The van der Waals surface area contributed by atoms with Crippen molar-refractivity contribution >= 4 is 15.5 Å². The van der Waals surface area contributed by atoms with Crippen LogP contribution in [0.4, 0.5) is 10.1 Å². The lowest BCUT2D eigenvalue weighted by Gasteiger charge is -2.28.